The fourth-order valence-corrected chi connectivity index (χ4v) is 6.92. The van der Waals surface area contributed by atoms with Gasteiger partial charge >= 0.3 is 18.0 Å². The van der Waals surface area contributed by atoms with Crippen LogP contribution in [0.3, 0.4) is 0 Å². The minimum atomic E-state index is -3.89. The molecule has 2 amide bonds. The van der Waals surface area contributed by atoms with Gasteiger partial charge in [-0.05, 0) is 26.7 Å². The maximum Gasteiger partial charge on any atom is 0.408 e. The minimum Gasteiger partial charge on any atom is -0.469 e. The van der Waals surface area contributed by atoms with Crippen molar-refractivity contribution >= 4 is 33.8 Å². The van der Waals surface area contributed by atoms with Crippen molar-refractivity contribution in [3.05, 3.63) is 0 Å². The Labute approximate surface area is 187 Å². The summed E-state index contributed by atoms with van der Waals surface area (Å²) in [6.07, 6.45) is -0.338. The number of rotatable bonds is 7. The maximum atomic E-state index is 13.2. The first-order valence-electron chi connectivity index (χ1n) is 10.3. The number of hydrogen-bond donors (Lipinski definition) is 2. The Kier molecular flexibility index (Phi) is 7.18. The van der Waals surface area contributed by atoms with Crippen molar-refractivity contribution in [2.45, 2.75) is 63.5 Å². The molecular formula is C20H32N2O9S. The third-order valence-electron chi connectivity index (χ3n) is 5.90. The van der Waals surface area contributed by atoms with Gasteiger partial charge in [0.05, 0.1) is 31.1 Å². The molecular weight excluding hydrogens is 444 g/mol. The second kappa shape index (κ2) is 8.87. The number of amides is 2. The largest absolute Gasteiger partial charge is 0.469 e. The van der Waals surface area contributed by atoms with Crippen molar-refractivity contribution in [3.8, 4) is 0 Å². The highest BCUT2D eigenvalue weighted by atomic mass is 32.2. The average Bonchev–Trinajstić information content (AvgIpc) is 3.40. The normalized spacial score (nSPS) is 29.7. The summed E-state index contributed by atoms with van der Waals surface area (Å²) >= 11 is 0. The van der Waals surface area contributed by atoms with Crippen molar-refractivity contribution in [3.63, 3.8) is 0 Å². The Morgan fingerprint density at radius 2 is 1.72 bits per heavy atom. The van der Waals surface area contributed by atoms with Gasteiger partial charge in [0, 0.05) is 5.92 Å². The standard InChI is InChI=1S/C20H32N2O9S/c1-8-10(2)13(21-18(26)31-19(3,4)5)15(23)22-20(17(25)30-7)9-32(27,28)14-11(12(14)20)16(24)29-6/h10-14H,8-9H2,1-7H3,(H,21,26)(H,22,23)/t10-,11+,12+,13-,14-,20-/m0/s1. The molecule has 6 atom stereocenters. The monoisotopic (exact) mass is 476 g/mol. The van der Waals surface area contributed by atoms with Crippen LogP contribution in [0.1, 0.15) is 41.0 Å². The van der Waals surface area contributed by atoms with Crippen LogP contribution in [0.5, 0.6) is 0 Å². The molecule has 1 saturated carbocycles. The van der Waals surface area contributed by atoms with E-state index in [4.69, 9.17) is 9.47 Å². The van der Waals surface area contributed by atoms with Gasteiger partial charge in [0.15, 0.2) is 15.4 Å². The minimum absolute atomic E-state index is 0.373. The molecule has 32 heavy (non-hydrogen) atoms. The van der Waals surface area contributed by atoms with E-state index >= 15 is 0 Å². The molecule has 2 fully saturated rings. The molecule has 0 aromatic carbocycles. The van der Waals surface area contributed by atoms with Crippen LogP contribution in [-0.2, 0) is 38.4 Å². The van der Waals surface area contributed by atoms with Crippen molar-refractivity contribution in [2.75, 3.05) is 20.0 Å². The van der Waals surface area contributed by atoms with Gasteiger partial charge in [-0.1, -0.05) is 20.3 Å². The molecule has 182 valence electrons. The van der Waals surface area contributed by atoms with Crippen LogP contribution in [0, 0.1) is 17.8 Å². The molecule has 1 aliphatic carbocycles. The number of nitrogens with one attached hydrogen (secondary N) is 2. The molecule has 1 aliphatic heterocycles. The van der Waals surface area contributed by atoms with E-state index in [1.807, 2.05) is 6.92 Å². The maximum absolute atomic E-state index is 13.2. The quantitative estimate of drug-likeness (QED) is 0.386. The van der Waals surface area contributed by atoms with Crippen LogP contribution in [0.4, 0.5) is 4.79 Å². The van der Waals surface area contributed by atoms with Crippen molar-refractivity contribution in [1.82, 2.24) is 10.6 Å². The molecule has 0 aromatic heterocycles. The molecule has 0 radical (unpaired) electrons. The van der Waals surface area contributed by atoms with E-state index in [9.17, 15) is 27.6 Å². The molecule has 0 spiro atoms. The fourth-order valence-electron chi connectivity index (χ4n) is 4.23. The molecule has 2 aliphatic rings. The molecule has 12 heteroatoms. The summed E-state index contributed by atoms with van der Waals surface area (Å²) < 4.78 is 40.1. The lowest BCUT2D eigenvalue weighted by Gasteiger charge is -2.33. The van der Waals surface area contributed by atoms with E-state index in [0.717, 1.165) is 14.2 Å². The number of carbonyl (C=O) groups excluding carboxylic acids is 4. The summed E-state index contributed by atoms with van der Waals surface area (Å²) in [7, 11) is -1.71. The predicted octanol–water partition coefficient (Wildman–Crippen LogP) is 0.170. The van der Waals surface area contributed by atoms with Gasteiger partial charge in [0.2, 0.25) is 5.91 Å². The average molecular weight is 477 g/mol. The second-order valence-corrected chi connectivity index (χ2v) is 11.5. The van der Waals surface area contributed by atoms with Gasteiger partial charge in [-0.15, -0.1) is 0 Å². The van der Waals surface area contributed by atoms with Gasteiger partial charge in [-0.2, -0.15) is 0 Å². The van der Waals surface area contributed by atoms with Crippen LogP contribution in [0.25, 0.3) is 0 Å². The lowest BCUT2D eigenvalue weighted by molar-refractivity contribution is -0.152. The van der Waals surface area contributed by atoms with Crippen LogP contribution >= 0.6 is 0 Å². The van der Waals surface area contributed by atoms with Crippen LogP contribution < -0.4 is 10.6 Å². The zero-order chi connectivity index (χ0) is 24.6. The SMILES string of the molecule is CC[C@H](C)[C@H](NC(=O)OC(C)(C)C)C(=O)N[C@@]1(C(=O)OC)CS(=O)(=O)[C@H]2[C@H](C(=O)OC)[C@H]21. The second-order valence-electron chi connectivity index (χ2n) is 9.31. The lowest BCUT2D eigenvalue weighted by atomic mass is 9.91. The van der Waals surface area contributed by atoms with E-state index in [2.05, 4.69) is 15.4 Å². The molecule has 2 rings (SSSR count). The topological polar surface area (TPSA) is 154 Å². The zero-order valence-electron chi connectivity index (χ0n) is 19.4. The predicted molar refractivity (Wildman–Crippen MR) is 112 cm³/mol. The number of alkyl carbamates (subject to hydrolysis) is 1. The summed E-state index contributed by atoms with van der Waals surface area (Å²) in [5, 5.41) is 3.87. The molecule has 0 bridgehead atoms. The Hall–Kier alpha value is -2.37. The third kappa shape index (κ3) is 4.84. The van der Waals surface area contributed by atoms with E-state index in [1.165, 1.54) is 0 Å². The third-order valence-corrected chi connectivity index (χ3v) is 8.18. The fraction of sp³-hybridized carbons (Fsp3) is 0.800. The Bertz CT molecular complexity index is 895. The number of sulfone groups is 1. The summed E-state index contributed by atoms with van der Waals surface area (Å²) in [6, 6.07) is -1.12. The lowest BCUT2D eigenvalue weighted by Crippen LogP contribution is -2.64. The summed E-state index contributed by atoms with van der Waals surface area (Å²) in [5.41, 5.74) is -2.77. The number of hydrogen-bond acceptors (Lipinski definition) is 9. The van der Waals surface area contributed by atoms with Crippen molar-refractivity contribution in [1.29, 1.82) is 0 Å². The molecule has 0 aromatic rings. The first-order chi connectivity index (χ1) is 14.6. The Morgan fingerprint density at radius 3 is 2.19 bits per heavy atom. The summed E-state index contributed by atoms with van der Waals surface area (Å²) in [5.74, 6) is -5.72. The van der Waals surface area contributed by atoms with Crippen molar-refractivity contribution in [2.24, 2.45) is 17.8 Å². The Balaban J connectivity index is 2.37. The van der Waals surface area contributed by atoms with E-state index in [1.54, 1.807) is 27.7 Å². The highest BCUT2D eigenvalue weighted by Crippen LogP contribution is 2.58. The van der Waals surface area contributed by atoms with E-state index < -0.39 is 73.8 Å². The first-order valence-corrected chi connectivity index (χ1v) is 12.1. The molecule has 0 unspecified atom stereocenters. The summed E-state index contributed by atoms with van der Waals surface area (Å²) in [4.78, 5) is 50.4. The zero-order valence-corrected chi connectivity index (χ0v) is 20.2. The molecule has 11 nitrogen and oxygen atoms in total. The van der Waals surface area contributed by atoms with Gasteiger partial charge in [-0.3, -0.25) is 9.59 Å². The van der Waals surface area contributed by atoms with Crippen LogP contribution in [0.15, 0.2) is 0 Å². The van der Waals surface area contributed by atoms with Gasteiger partial charge < -0.3 is 24.8 Å². The molecule has 1 saturated heterocycles. The van der Waals surface area contributed by atoms with E-state index in [-0.39, 0.29) is 5.92 Å². The number of carbonyl (C=O) groups is 4. The molecule has 2 N–H and O–H groups in total. The van der Waals surface area contributed by atoms with Gasteiger partial charge in [-0.25, -0.2) is 18.0 Å². The number of esters is 2. The van der Waals surface area contributed by atoms with Crippen LogP contribution in [0.2, 0.25) is 0 Å². The van der Waals surface area contributed by atoms with Gasteiger partial charge in [0.1, 0.15) is 11.6 Å². The smallest absolute Gasteiger partial charge is 0.408 e. The highest BCUT2D eigenvalue weighted by Gasteiger charge is 2.79. The highest BCUT2D eigenvalue weighted by molar-refractivity contribution is 7.92. The number of methoxy groups -OCH3 is 2. The van der Waals surface area contributed by atoms with Crippen LogP contribution in [-0.4, -0.2) is 74.8 Å². The number of ether oxygens (including phenoxy) is 3. The number of fused-ring (bicyclic) bond motifs is 1. The summed E-state index contributed by atoms with van der Waals surface area (Å²) in [6.45, 7) is 8.53. The van der Waals surface area contributed by atoms with E-state index in [0.29, 0.717) is 6.42 Å². The molecule has 1 heterocycles. The van der Waals surface area contributed by atoms with Crippen molar-refractivity contribution < 1.29 is 41.8 Å². The first kappa shape index (κ1) is 25.9. The Morgan fingerprint density at radius 1 is 1.12 bits per heavy atom. The van der Waals surface area contributed by atoms with Gasteiger partial charge in [0.25, 0.3) is 0 Å².